The van der Waals surface area contributed by atoms with E-state index < -0.39 is 11.2 Å². The Morgan fingerprint density at radius 2 is 2.00 bits per heavy atom. The van der Waals surface area contributed by atoms with E-state index in [9.17, 15) is 14.9 Å². The highest BCUT2D eigenvalue weighted by atomic mass is 16.2. The van der Waals surface area contributed by atoms with Crippen molar-refractivity contribution in [2.24, 2.45) is 5.41 Å². The Morgan fingerprint density at radius 1 is 1.31 bits per heavy atom. The molecule has 3 rings (SSSR count). The summed E-state index contributed by atoms with van der Waals surface area (Å²) in [6.45, 7) is 10.6. The molecule has 2 heterocycles. The molecule has 8 heteroatoms. The highest BCUT2D eigenvalue weighted by molar-refractivity contribution is 5.99. The fourth-order valence-electron chi connectivity index (χ4n) is 3.94. The minimum absolute atomic E-state index is 0.270. The van der Waals surface area contributed by atoms with Crippen molar-refractivity contribution in [1.82, 2.24) is 20.2 Å². The van der Waals surface area contributed by atoms with Gasteiger partial charge in [-0.25, -0.2) is 4.79 Å². The molecule has 0 aliphatic carbocycles. The molecule has 0 saturated carbocycles. The lowest BCUT2D eigenvalue weighted by Crippen LogP contribution is -2.55. The average molecular weight is 437 g/mol. The fourth-order valence-corrected chi connectivity index (χ4v) is 3.94. The summed E-state index contributed by atoms with van der Waals surface area (Å²) < 4.78 is 0. The van der Waals surface area contributed by atoms with Crippen molar-refractivity contribution in [1.29, 1.82) is 5.26 Å². The number of nitrogens with zero attached hydrogens (tertiary/aromatic N) is 3. The van der Waals surface area contributed by atoms with Gasteiger partial charge in [-0.15, -0.1) is 0 Å². The van der Waals surface area contributed by atoms with Gasteiger partial charge in [-0.05, 0) is 49.4 Å². The monoisotopic (exact) mass is 436 g/mol. The van der Waals surface area contributed by atoms with Gasteiger partial charge in [0.05, 0.1) is 11.6 Å². The van der Waals surface area contributed by atoms with Crippen LogP contribution in [0.25, 0.3) is 10.9 Å². The van der Waals surface area contributed by atoms with Crippen LogP contribution in [0, 0.1) is 16.7 Å². The van der Waals surface area contributed by atoms with E-state index in [2.05, 4.69) is 38.5 Å². The Bertz CT molecular complexity index is 1100. The molecular weight excluding hydrogens is 404 g/mol. The molecule has 1 aromatic heterocycles. The molecule has 1 fully saturated rings. The van der Waals surface area contributed by atoms with E-state index in [-0.39, 0.29) is 17.0 Å². The van der Waals surface area contributed by atoms with Gasteiger partial charge in [-0.2, -0.15) is 10.2 Å². The number of nitrogens with one attached hydrogen (secondary N) is 3. The third-order valence-corrected chi connectivity index (χ3v) is 5.53. The van der Waals surface area contributed by atoms with Crippen molar-refractivity contribution in [2.75, 3.05) is 25.0 Å². The first kappa shape index (κ1) is 23.5. The number of para-hydroxylation sites is 1. The maximum Gasteiger partial charge on any atom is 0.347 e. The maximum atomic E-state index is 13.4. The number of anilines is 1. The van der Waals surface area contributed by atoms with Crippen molar-refractivity contribution in [3.05, 3.63) is 46.5 Å². The zero-order chi connectivity index (χ0) is 23.4. The summed E-state index contributed by atoms with van der Waals surface area (Å²) in [7, 11) is 0. The van der Waals surface area contributed by atoms with Gasteiger partial charge in [0.1, 0.15) is 17.1 Å². The Balaban J connectivity index is 1.89. The van der Waals surface area contributed by atoms with Crippen LogP contribution >= 0.6 is 0 Å². The predicted molar refractivity (Wildman–Crippen MR) is 126 cm³/mol. The topological polar surface area (TPSA) is 114 Å². The molecule has 1 saturated heterocycles. The first-order valence-electron chi connectivity index (χ1n) is 11.1. The van der Waals surface area contributed by atoms with E-state index in [4.69, 9.17) is 0 Å². The number of aromatic amines is 1. The van der Waals surface area contributed by atoms with Crippen LogP contribution in [-0.2, 0) is 4.79 Å². The number of likely N-dealkylation sites (tertiary alicyclic amines) is 1. The Hall–Kier alpha value is -3.18. The number of aromatic nitrogens is 2. The number of hydrogen-bond acceptors (Lipinski definition) is 6. The molecule has 1 aromatic carbocycles. The van der Waals surface area contributed by atoms with Gasteiger partial charge < -0.3 is 20.5 Å². The second-order valence-corrected chi connectivity index (χ2v) is 9.47. The second kappa shape index (κ2) is 9.53. The predicted octanol–water partition coefficient (Wildman–Crippen LogP) is 3.15. The molecule has 0 radical (unpaired) electrons. The summed E-state index contributed by atoms with van der Waals surface area (Å²) in [5.74, 6) is -0.0737. The number of allylic oxidation sites excluding steroid dienone is 1. The molecular formula is C24H32N6O2. The number of fused-ring (bicyclic) bond motifs is 1. The zero-order valence-corrected chi connectivity index (χ0v) is 19.3. The number of piperidine rings is 1. The number of nitriles is 1. The maximum absolute atomic E-state index is 13.4. The van der Waals surface area contributed by atoms with Crippen molar-refractivity contribution in [3.63, 3.8) is 0 Å². The molecule has 170 valence electrons. The van der Waals surface area contributed by atoms with E-state index >= 15 is 0 Å². The molecule has 0 spiro atoms. The third-order valence-electron chi connectivity index (χ3n) is 5.53. The zero-order valence-electron chi connectivity index (χ0n) is 19.3. The van der Waals surface area contributed by atoms with Crippen LogP contribution in [0.15, 0.2) is 40.8 Å². The third kappa shape index (κ3) is 5.74. The first-order chi connectivity index (χ1) is 15.1. The first-order valence-corrected chi connectivity index (χ1v) is 11.1. The van der Waals surface area contributed by atoms with Crippen LogP contribution in [0.5, 0.6) is 0 Å². The number of hydrogen-bond donors (Lipinski definition) is 3. The summed E-state index contributed by atoms with van der Waals surface area (Å²) >= 11 is 0. The lowest BCUT2D eigenvalue weighted by atomic mass is 9.88. The number of carbonyl (C=O) groups excluding carboxylic acids is 1. The van der Waals surface area contributed by atoms with Gasteiger partial charge in [0.2, 0.25) is 0 Å². The molecule has 0 unspecified atom stereocenters. The van der Waals surface area contributed by atoms with E-state index in [0.29, 0.717) is 29.6 Å². The summed E-state index contributed by atoms with van der Waals surface area (Å²) in [5.41, 5.74) is -0.836. The minimum Gasteiger partial charge on any atom is -0.335 e. The van der Waals surface area contributed by atoms with E-state index in [1.807, 2.05) is 39.0 Å². The molecule has 2 aromatic rings. The SMILES string of the molecule is CCCN1CCC(C#N)(NC(=O)/C(=C\C(C)(C)C)Nc2nc(=O)[nH]c3ccccc23)CC1. The van der Waals surface area contributed by atoms with Crippen molar-refractivity contribution in [3.8, 4) is 6.07 Å². The summed E-state index contributed by atoms with van der Waals surface area (Å²) in [6.07, 6.45) is 4.01. The molecule has 1 amide bonds. The van der Waals surface area contributed by atoms with Gasteiger partial charge >= 0.3 is 5.69 Å². The summed E-state index contributed by atoms with van der Waals surface area (Å²) in [4.78, 5) is 34.5. The molecule has 1 aliphatic heterocycles. The number of rotatable bonds is 6. The van der Waals surface area contributed by atoms with Gasteiger partial charge in [-0.3, -0.25) is 4.79 Å². The van der Waals surface area contributed by atoms with E-state index in [1.165, 1.54) is 0 Å². The van der Waals surface area contributed by atoms with Crippen molar-refractivity contribution >= 4 is 22.6 Å². The van der Waals surface area contributed by atoms with Gasteiger partial charge in [0.25, 0.3) is 5.91 Å². The average Bonchev–Trinajstić information content (AvgIpc) is 2.74. The van der Waals surface area contributed by atoms with Gasteiger partial charge in [-0.1, -0.05) is 39.8 Å². The largest absolute Gasteiger partial charge is 0.347 e. The van der Waals surface area contributed by atoms with Crippen molar-refractivity contribution in [2.45, 2.75) is 52.5 Å². The normalized spacial score (nSPS) is 17.0. The van der Waals surface area contributed by atoms with E-state index in [0.717, 1.165) is 26.1 Å². The number of amides is 1. The highest BCUT2D eigenvalue weighted by Crippen LogP contribution is 2.25. The number of H-pyrrole nitrogens is 1. The number of benzene rings is 1. The van der Waals surface area contributed by atoms with Crippen LogP contribution in [0.3, 0.4) is 0 Å². The summed E-state index contributed by atoms with van der Waals surface area (Å²) in [5, 5.41) is 16.7. The Kier molecular flexibility index (Phi) is 6.99. The molecule has 32 heavy (non-hydrogen) atoms. The molecule has 0 bridgehead atoms. The summed E-state index contributed by atoms with van der Waals surface area (Å²) in [6, 6.07) is 9.62. The van der Waals surface area contributed by atoms with Gasteiger partial charge in [0, 0.05) is 18.5 Å². The van der Waals surface area contributed by atoms with Crippen LogP contribution in [0.2, 0.25) is 0 Å². The van der Waals surface area contributed by atoms with Crippen molar-refractivity contribution < 1.29 is 4.79 Å². The lowest BCUT2D eigenvalue weighted by Gasteiger charge is -2.37. The van der Waals surface area contributed by atoms with Crippen LogP contribution in [-0.4, -0.2) is 45.9 Å². The lowest BCUT2D eigenvalue weighted by molar-refractivity contribution is -0.119. The van der Waals surface area contributed by atoms with Gasteiger partial charge in [0.15, 0.2) is 0 Å². The van der Waals surface area contributed by atoms with Crippen LogP contribution in [0.4, 0.5) is 5.82 Å². The Labute approximate surface area is 188 Å². The van der Waals surface area contributed by atoms with Crippen LogP contribution < -0.4 is 16.3 Å². The number of carbonyl (C=O) groups is 1. The fraction of sp³-hybridized carbons (Fsp3) is 0.500. The molecule has 3 N–H and O–H groups in total. The minimum atomic E-state index is -0.913. The second-order valence-electron chi connectivity index (χ2n) is 9.47. The molecule has 0 atom stereocenters. The standard InChI is InChI=1S/C24H32N6O2/c1-5-12-30-13-10-24(16-25,11-14-30)29-21(31)19(15-23(2,3)4)26-20-17-8-6-7-9-18(17)27-22(32)28-20/h6-9,15H,5,10-14H2,1-4H3,(H,29,31)(H2,26,27,28,32)/b19-15+. The molecule has 8 nitrogen and oxygen atoms in total. The van der Waals surface area contributed by atoms with E-state index in [1.54, 1.807) is 12.1 Å². The Morgan fingerprint density at radius 3 is 2.62 bits per heavy atom. The smallest absolute Gasteiger partial charge is 0.335 e. The quantitative estimate of drug-likeness (QED) is 0.600. The highest BCUT2D eigenvalue weighted by Gasteiger charge is 2.37. The van der Waals surface area contributed by atoms with Crippen LogP contribution in [0.1, 0.15) is 47.0 Å². The molecule has 1 aliphatic rings.